The fourth-order valence-corrected chi connectivity index (χ4v) is 4.25. The molecule has 4 rings (SSSR count). The van der Waals surface area contributed by atoms with Crippen molar-refractivity contribution >= 4 is 28.8 Å². The van der Waals surface area contributed by atoms with Crippen LogP contribution in [0.15, 0.2) is 36.7 Å². The van der Waals surface area contributed by atoms with Crippen LogP contribution in [0.3, 0.4) is 0 Å². The highest BCUT2D eigenvalue weighted by Crippen LogP contribution is 2.37. The molecule has 0 fully saturated rings. The third kappa shape index (κ3) is 3.11. The maximum Gasteiger partial charge on any atom is 0.274 e. The monoisotopic (exact) mass is 397 g/mol. The van der Waals surface area contributed by atoms with E-state index in [0.29, 0.717) is 22.9 Å². The Labute approximate surface area is 169 Å². The van der Waals surface area contributed by atoms with Gasteiger partial charge in [-0.2, -0.15) is 5.10 Å². The maximum absolute atomic E-state index is 13.3. The smallest absolute Gasteiger partial charge is 0.274 e. The lowest BCUT2D eigenvalue weighted by atomic mass is 9.91. The van der Waals surface area contributed by atoms with Crippen LogP contribution in [0.5, 0.6) is 0 Å². The quantitative estimate of drug-likeness (QED) is 0.668. The fourth-order valence-electron chi connectivity index (χ4n) is 4.11. The molecule has 146 valence electrons. The molecule has 0 N–H and O–H groups in total. The van der Waals surface area contributed by atoms with Crippen LogP contribution in [0.1, 0.15) is 48.4 Å². The van der Waals surface area contributed by atoms with Gasteiger partial charge in [0.2, 0.25) is 0 Å². The molecule has 1 atom stereocenters. The molecule has 2 aromatic heterocycles. The van der Waals surface area contributed by atoms with Gasteiger partial charge in [-0.3, -0.25) is 4.79 Å². The zero-order valence-electron chi connectivity index (χ0n) is 16.4. The summed E-state index contributed by atoms with van der Waals surface area (Å²) in [6.45, 7) is 8.98. The van der Waals surface area contributed by atoms with E-state index in [4.69, 9.17) is 11.6 Å². The van der Waals surface area contributed by atoms with Gasteiger partial charge >= 0.3 is 0 Å². The molecule has 3 heterocycles. The predicted octanol–water partition coefficient (Wildman–Crippen LogP) is 3.99. The van der Waals surface area contributed by atoms with Gasteiger partial charge in [0.15, 0.2) is 11.3 Å². The summed E-state index contributed by atoms with van der Waals surface area (Å²) in [5, 5.41) is 4.88. The molecule has 1 unspecified atom stereocenters. The number of aromatic nitrogens is 3. The van der Waals surface area contributed by atoms with Gasteiger partial charge in [0.1, 0.15) is 0 Å². The second kappa shape index (κ2) is 7.43. The molecule has 0 saturated heterocycles. The third-order valence-electron chi connectivity index (χ3n) is 5.55. The van der Waals surface area contributed by atoms with Crippen LogP contribution in [0.2, 0.25) is 5.02 Å². The van der Waals surface area contributed by atoms with Crippen LogP contribution >= 0.6 is 11.6 Å². The Kier molecular flexibility index (Phi) is 4.98. The number of halogens is 1. The Morgan fingerprint density at radius 1 is 1.32 bits per heavy atom. The molecule has 0 bridgehead atoms. The number of fused-ring (bicyclic) bond motifs is 2. The van der Waals surface area contributed by atoms with Gasteiger partial charge in [0.25, 0.3) is 5.91 Å². The summed E-state index contributed by atoms with van der Waals surface area (Å²) in [6.07, 6.45) is 4.06. The minimum Gasteiger partial charge on any atom is -0.372 e. The van der Waals surface area contributed by atoms with Gasteiger partial charge in [-0.1, -0.05) is 23.7 Å². The summed E-state index contributed by atoms with van der Waals surface area (Å²) in [5.74, 6) is -0.0749. The van der Waals surface area contributed by atoms with Gasteiger partial charge in [0, 0.05) is 43.1 Å². The Morgan fingerprint density at radius 2 is 2.11 bits per heavy atom. The van der Waals surface area contributed by atoms with Crippen molar-refractivity contribution in [3.8, 4) is 0 Å². The average molecular weight is 398 g/mol. The van der Waals surface area contributed by atoms with Crippen molar-refractivity contribution in [2.24, 2.45) is 0 Å². The molecule has 0 saturated carbocycles. The SMILES string of the molecule is CCN(CC)c1cccc2c1C(C)N(C(=O)c1cc3ncc(Cl)cn3n1)CC2. The molecule has 0 aliphatic carbocycles. The molecule has 7 heteroatoms. The number of rotatable bonds is 4. The van der Waals surface area contributed by atoms with Crippen molar-refractivity contribution in [3.05, 3.63) is 58.5 Å². The first-order chi connectivity index (χ1) is 13.5. The van der Waals surface area contributed by atoms with Gasteiger partial charge in [-0.05, 0) is 38.8 Å². The van der Waals surface area contributed by atoms with Gasteiger partial charge in [0.05, 0.1) is 17.3 Å². The molecule has 0 radical (unpaired) electrons. The normalized spacial score (nSPS) is 16.3. The topological polar surface area (TPSA) is 53.7 Å². The maximum atomic E-state index is 13.3. The van der Waals surface area contributed by atoms with Gasteiger partial charge < -0.3 is 9.80 Å². The van der Waals surface area contributed by atoms with Crippen molar-refractivity contribution in [3.63, 3.8) is 0 Å². The Bertz CT molecular complexity index is 1030. The van der Waals surface area contributed by atoms with Crippen LogP contribution < -0.4 is 4.90 Å². The first-order valence-corrected chi connectivity index (χ1v) is 10.1. The highest BCUT2D eigenvalue weighted by molar-refractivity contribution is 6.30. The van der Waals surface area contributed by atoms with E-state index in [2.05, 4.69) is 54.0 Å². The summed E-state index contributed by atoms with van der Waals surface area (Å²) in [6, 6.07) is 8.16. The van der Waals surface area contributed by atoms with Crippen LogP contribution in [0, 0.1) is 0 Å². The number of benzene rings is 1. The second-order valence-electron chi connectivity index (χ2n) is 7.05. The average Bonchev–Trinajstić information content (AvgIpc) is 3.12. The standard InChI is InChI=1S/C21H24ClN5O/c1-4-25(5-2)18-8-6-7-15-9-10-26(14(3)20(15)18)21(28)17-11-19-23-12-16(22)13-27(19)24-17/h6-8,11-14H,4-5,9-10H2,1-3H3. The lowest BCUT2D eigenvalue weighted by Gasteiger charge is -2.38. The first kappa shape index (κ1) is 18.7. The summed E-state index contributed by atoms with van der Waals surface area (Å²) in [7, 11) is 0. The van der Waals surface area contributed by atoms with Crippen LogP contribution in [0.4, 0.5) is 5.69 Å². The molecule has 1 amide bonds. The summed E-state index contributed by atoms with van der Waals surface area (Å²) < 4.78 is 1.56. The zero-order chi connectivity index (χ0) is 19.8. The number of anilines is 1. The van der Waals surface area contributed by atoms with Crippen molar-refractivity contribution < 1.29 is 4.79 Å². The van der Waals surface area contributed by atoms with Crippen LogP contribution in [-0.4, -0.2) is 45.0 Å². The highest BCUT2D eigenvalue weighted by Gasteiger charge is 2.32. The molecule has 1 aliphatic heterocycles. The molecule has 3 aromatic rings. The van der Waals surface area contributed by atoms with E-state index in [9.17, 15) is 4.79 Å². The molecule has 1 aliphatic rings. The van der Waals surface area contributed by atoms with Crippen LogP contribution in [0.25, 0.3) is 5.65 Å². The molecule has 6 nitrogen and oxygen atoms in total. The number of nitrogens with zero attached hydrogens (tertiary/aromatic N) is 5. The molecule has 28 heavy (non-hydrogen) atoms. The highest BCUT2D eigenvalue weighted by atomic mass is 35.5. The minimum atomic E-state index is -0.0749. The van der Waals surface area contributed by atoms with E-state index in [1.807, 2.05) is 4.90 Å². The molecule has 0 spiro atoms. The fraction of sp³-hybridized carbons (Fsp3) is 0.381. The second-order valence-corrected chi connectivity index (χ2v) is 7.49. The Hall–Kier alpha value is -2.60. The number of amides is 1. The largest absolute Gasteiger partial charge is 0.372 e. The van der Waals surface area contributed by atoms with E-state index in [-0.39, 0.29) is 11.9 Å². The zero-order valence-corrected chi connectivity index (χ0v) is 17.1. The van der Waals surface area contributed by atoms with E-state index >= 15 is 0 Å². The lowest BCUT2D eigenvalue weighted by molar-refractivity contribution is 0.0671. The van der Waals surface area contributed by atoms with Gasteiger partial charge in [-0.15, -0.1) is 0 Å². The number of carbonyl (C=O) groups is 1. The first-order valence-electron chi connectivity index (χ1n) is 9.72. The van der Waals surface area contributed by atoms with E-state index < -0.39 is 0 Å². The van der Waals surface area contributed by atoms with Crippen molar-refractivity contribution in [1.29, 1.82) is 0 Å². The third-order valence-corrected chi connectivity index (χ3v) is 5.74. The number of carbonyl (C=O) groups excluding carboxylic acids is 1. The molecule has 1 aromatic carbocycles. The van der Waals surface area contributed by atoms with Crippen LogP contribution in [-0.2, 0) is 6.42 Å². The summed E-state index contributed by atoms with van der Waals surface area (Å²) >= 11 is 5.99. The number of hydrogen-bond donors (Lipinski definition) is 0. The van der Waals surface area contributed by atoms with Crippen molar-refractivity contribution in [2.75, 3.05) is 24.5 Å². The lowest BCUT2D eigenvalue weighted by Crippen LogP contribution is -2.40. The predicted molar refractivity (Wildman–Crippen MR) is 111 cm³/mol. The van der Waals surface area contributed by atoms with Gasteiger partial charge in [-0.25, -0.2) is 9.50 Å². The minimum absolute atomic E-state index is 0.0191. The Balaban J connectivity index is 1.70. The van der Waals surface area contributed by atoms with E-state index in [1.165, 1.54) is 16.8 Å². The van der Waals surface area contributed by atoms with Crippen molar-refractivity contribution in [2.45, 2.75) is 33.2 Å². The molecular formula is C21H24ClN5O. The summed E-state index contributed by atoms with van der Waals surface area (Å²) in [5.41, 5.74) is 4.79. The van der Waals surface area contributed by atoms with Crippen molar-refractivity contribution in [1.82, 2.24) is 19.5 Å². The van der Waals surface area contributed by atoms with E-state index in [1.54, 1.807) is 23.0 Å². The summed E-state index contributed by atoms with van der Waals surface area (Å²) in [4.78, 5) is 21.8. The number of hydrogen-bond acceptors (Lipinski definition) is 4. The van der Waals surface area contributed by atoms with E-state index in [0.717, 1.165) is 19.5 Å². The Morgan fingerprint density at radius 3 is 2.86 bits per heavy atom. The molecular weight excluding hydrogens is 374 g/mol.